The van der Waals surface area contributed by atoms with E-state index in [-0.39, 0.29) is 12.5 Å². The smallest absolute Gasteiger partial charge is 0.255 e. The van der Waals surface area contributed by atoms with Gasteiger partial charge in [0.05, 0.1) is 25.8 Å². The van der Waals surface area contributed by atoms with E-state index in [0.29, 0.717) is 34.1 Å². The first kappa shape index (κ1) is 20.5. The molecule has 4 aromatic rings. The average molecular weight is 435 g/mol. The predicted octanol–water partition coefficient (Wildman–Crippen LogP) is 3.33. The number of carbonyl (C=O) groups is 1. The minimum Gasteiger partial charge on any atom is -0.497 e. The fourth-order valence-corrected chi connectivity index (χ4v) is 3.37. The van der Waals surface area contributed by atoms with Gasteiger partial charge in [0.2, 0.25) is 0 Å². The maximum absolute atomic E-state index is 13.1. The van der Waals surface area contributed by atoms with Crippen molar-refractivity contribution in [1.29, 1.82) is 0 Å². The normalized spacial score (nSPS) is 10.8. The molecule has 158 valence electrons. The number of nitrogens with zero attached hydrogens (tertiary/aromatic N) is 4. The lowest BCUT2D eigenvalue weighted by atomic mass is 10.1. The maximum Gasteiger partial charge on any atom is 0.255 e. The number of carbonyl (C=O) groups excluding carboxylic acids is 1. The summed E-state index contributed by atoms with van der Waals surface area (Å²) in [5.74, 6) is 1.09. The number of hydrogen-bond donors (Lipinski definition) is 2. The molecule has 0 spiro atoms. The summed E-state index contributed by atoms with van der Waals surface area (Å²) in [6.45, 7) is 0.794. The fraction of sp³-hybridized carbons (Fsp3) is 0.182. The second kappa shape index (κ2) is 8.97. The van der Waals surface area contributed by atoms with Gasteiger partial charge in [-0.2, -0.15) is 10.2 Å². The highest BCUT2D eigenvalue weighted by molar-refractivity contribution is 7.71. The highest BCUT2D eigenvalue weighted by atomic mass is 32.1. The summed E-state index contributed by atoms with van der Waals surface area (Å²) in [6.07, 6.45) is 1.76. The van der Waals surface area contributed by atoms with E-state index in [1.54, 1.807) is 29.6 Å². The molecule has 0 radical (unpaired) electrons. The molecule has 0 aliphatic carbocycles. The summed E-state index contributed by atoms with van der Waals surface area (Å²) in [5, 5.41) is 14.5. The molecule has 0 saturated heterocycles. The number of methoxy groups -OCH3 is 1. The second-order valence-corrected chi connectivity index (χ2v) is 7.38. The van der Waals surface area contributed by atoms with Crippen molar-refractivity contribution < 1.29 is 9.53 Å². The van der Waals surface area contributed by atoms with Gasteiger partial charge >= 0.3 is 0 Å². The Balaban J connectivity index is 1.65. The number of rotatable bonds is 7. The zero-order chi connectivity index (χ0) is 21.8. The highest BCUT2D eigenvalue weighted by Gasteiger charge is 2.19. The molecule has 8 nitrogen and oxygen atoms in total. The van der Waals surface area contributed by atoms with Gasteiger partial charge in [-0.25, -0.2) is 0 Å². The fourth-order valence-electron chi connectivity index (χ4n) is 3.21. The van der Waals surface area contributed by atoms with Crippen LogP contribution in [0, 0.1) is 4.77 Å². The molecule has 0 bridgehead atoms. The molecule has 31 heavy (non-hydrogen) atoms. The van der Waals surface area contributed by atoms with E-state index in [9.17, 15) is 4.79 Å². The molecule has 2 heterocycles. The summed E-state index contributed by atoms with van der Waals surface area (Å²) in [4.78, 5) is 13.1. The predicted molar refractivity (Wildman–Crippen MR) is 119 cm³/mol. The molecule has 9 heteroatoms. The van der Waals surface area contributed by atoms with E-state index in [4.69, 9.17) is 22.1 Å². The SMILES string of the molecule is COc1cccc(-c2nn(Cc3ccccc3)cc2C(=O)NCc2n[nH]c(=S)n2C)c1. The van der Waals surface area contributed by atoms with Crippen molar-refractivity contribution in [2.45, 2.75) is 13.1 Å². The summed E-state index contributed by atoms with van der Waals surface area (Å²) in [6, 6.07) is 17.5. The van der Waals surface area contributed by atoms with Crippen molar-refractivity contribution in [3.63, 3.8) is 0 Å². The first-order valence-electron chi connectivity index (χ1n) is 9.69. The van der Waals surface area contributed by atoms with E-state index >= 15 is 0 Å². The molecule has 0 fully saturated rings. The van der Waals surface area contributed by atoms with Crippen LogP contribution in [0.4, 0.5) is 0 Å². The van der Waals surface area contributed by atoms with E-state index in [2.05, 4.69) is 15.5 Å². The Labute approximate surface area is 184 Å². The molecule has 0 aliphatic rings. The van der Waals surface area contributed by atoms with Gasteiger partial charge in [-0.1, -0.05) is 42.5 Å². The number of aromatic amines is 1. The quantitative estimate of drug-likeness (QED) is 0.436. The molecular formula is C22H22N6O2S. The van der Waals surface area contributed by atoms with Crippen LogP contribution in [0.1, 0.15) is 21.7 Å². The van der Waals surface area contributed by atoms with Crippen LogP contribution in [-0.4, -0.2) is 37.6 Å². The topological polar surface area (TPSA) is 89.8 Å². The summed E-state index contributed by atoms with van der Waals surface area (Å²) < 4.78 is 9.33. The molecule has 4 rings (SSSR count). The number of amides is 1. The van der Waals surface area contributed by atoms with Gasteiger partial charge in [-0.15, -0.1) is 0 Å². The zero-order valence-corrected chi connectivity index (χ0v) is 18.0. The van der Waals surface area contributed by atoms with Crippen molar-refractivity contribution in [3.8, 4) is 17.0 Å². The minimum atomic E-state index is -0.244. The van der Waals surface area contributed by atoms with Crippen LogP contribution in [0.25, 0.3) is 11.3 Å². The number of ether oxygens (including phenoxy) is 1. The number of aromatic nitrogens is 5. The molecule has 2 aromatic carbocycles. The van der Waals surface area contributed by atoms with Gasteiger partial charge in [0, 0.05) is 18.8 Å². The van der Waals surface area contributed by atoms with Crippen molar-refractivity contribution in [3.05, 3.63) is 82.5 Å². The average Bonchev–Trinajstić information content (AvgIpc) is 3.36. The lowest BCUT2D eigenvalue weighted by molar-refractivity contribution is 0.0950. The van der Waals surface area contributed by atoms with Crippen LogP contribution in [-0.2, 0) is 20.1 Å². The van der Waals surface area contributed by atoms with Gasteiger partial charge in [0.25, 0.3) is 5.91 Å². The van der Waals surface area contributed by atoms with Crippen LogP contribution < -0.4 is 10.1 Å². The van der Waals surface area contributed by atoms with E-state index in [1.165, 1.54) is 0 Å². The lowest BCUT2D eigenvalue weighted by Crippen LogP contribution is -2.24. The van der Waals surface area contributed by atoms with Crippen LogP contribution in [0.5, 0.6) is 5.75 Å². The molecule has 1 amide bonds. The number of benzene rings is 2. The maximum atomic E-state index is 13.1. The first-order chi connectivity index (χ1) is 15.0. The molecule has 2 N–H and O–H groups in total. The number of hydrogen-bond acceptors (Lipinski definition) is 5. The Hall–Kier alpha value is -3.72. The van der Waals surface area contributed by atoms with Gasteiger partial charge in [-0.3, -0.25) is 14.6 Å². The van der Waals surface area contributed by atoms with E-state index in [1.807, 2.05) is 54.6 Å². The van der Waals surface area contributed by atoms with Crippen molar-refractivity contribution in [2.75, 3.05) is 7.11 Å². The van der Waals surface area contributed by atoms with E-state index in [0.717, 1.165) is 11.1 Å². The Morgan fingerprint density at radius 1 is 1.19 bits per heavy atom. The van der Waals surface area contributed by atoms with Crippen LogP contribution in [0.3, 0.4) is 0 Å². The summed E-state index contributed by atoms with van der Waals surface area (Å²) in [7, 11) is 3.41. The first-order valence-corrected chi connectivity index (χ1v) is 10.1. The van der Waals surface area contributed by atoms with E-state index < -0.39 is 0 Å². The number of nitrogens with one attached hydrogen (secondary N) is 2. The zero-order valence-electron chi connectivity index (χ0n) is 17.2. The van der Waals surface area contributed by atoms with Crippen molar-refractivity contribution in [2.24, 2.45) is 7.05 Å². The molecule has 2 aromatic heterocycles. The Kier molecular flexibility index (Phi) is 5.94. The van der Waals surface area contributed by atoms with Gasteiger partial charge in [0.15, 0.2) is 10.6 Å². The number of H-pyrrole nitrogens is 1. The van der Waals surface area contributed by atoms with Crippen molar-refractivity contribution >= 4 is 18.1 Å². The Morgan fingerprint density at radius 2 is 2.00 bits per heavy atom. The van der Waals surface area contributed by atoms with Gasteiger partial charge in [0.1, 0.15) is 11.4 Å². The summed E-state index contributed by atoms with van der Waals surface area (Å²) >= 11 is 5.13. The Morgan fingerprint density at radius 3 is 2.71 bits per heavy atom. The second-order valence-electron chi connectivity index (χ2n) is 6.99. The standard InChI is InChI=1S/C22H22N6O2S/c1-27-19(24-25-22(27)31)12-23-21(29)18-14-28(13-15-7-4-3-5-8-15)26-20(18)16-9-6-10-17(11-16)30-2/h3-11,14H,12-13H2,1-2H3,(H,23,29)(H,25,31). The molecule has 0 saturated carbocycles. The largest absolute Gasteiger partial charge is 0.497 e. The third kappa shape index (κ3) is 4.56. The molecular weight excluding hydrogens is 412 g/mol. The lowest BCUT2D eigenvalue weighted by Gasteiger charge is -2.06. The third-order valence-corrected chi connectivity index (χ3v) is 5.28. The molecule has 0 aliphatic heterocycles. The monoisotopic (exact) mass is 434 g/mol. The highest BCUT2D eigenvalue weighted by Crippen LogP contribution is 2.26. The third-order valence-electron chi connectivity index (χ3n) is 4.92. The summed E-state index contributed by atoms with van der Waals surface area (Å²) in [5.41, 5.74) is 2.95. The minimum absolute atomic E-state index is 0.240. The van der Waals surface area contributed by atoms with Crippen molar-refractivity contribution in [1.82, 2.24) is 29.9 Å². The molecule has 0 unspecified atom stereocenters. The molecule has 0 atom stereocenters. The van der Waals surface area contributed by atoms with Gasteiger partial charge in [-0.05, 0) is 29.9 Å². The Bertz CT molecular complexity index is 1260. The van der Waals surface area contributed by atoms with Crippen LogP contribution in [0.15, 0.2) is 60.8 Å². The van der Waals surface area contributed by atoms with Crippen LogP contribution >= 0.6 is 12.2 Å². The van der Waals surface area contributed by atoms with Gasteiger partial charge < -0.3 is 14.6 Å². The van der Waals surface area contributed by atoms with Crippen LogP contribution in [0.2, 0.25) is 0 Å².